The molecule has 2 aliphatic rings. The van der Waals surface area contributed by atoms with Crippen LogP contribution < -0.4 is 4.31 Å². The highest BCUT2D eigenvalue weighted by Crippen LogP contribution is 2.37. The Hall–Kier alpha value is -2.09. The number of hydrogen-bond acceptors (Lipinski definition) is 4. The highest BCUT2D eigenvalue weighted by molar-refractivity contribution is 7.92. The van der Waals surface area contributed by atoms with Gasteiger partial charge in [-0.25, -0.2) is 8.42 Å². The van der Waals surface area contributed by atoms with E-state index in [-0.39, 0.29) is 16.8 Å². The zero-order valence-corrected chi connectivity index (χ0v) is 17.0. The summed E-state index contributed by atoms with van der Waals surface area (Å²) in [6.45, 7) is 4.10. The predicted molar refractivity (Wildman–Crippen MR) is 107 cm³/mol. The lowest BCUT2D eigenvalue weighted by Gasteiger charge is -2.27. The van der Waals surface area contributed by atoms with Crippen LogP contribution in [0.2, 0.25) is 5.02 Å². The van der Waals surface area contributed by atoms with Crippen molar-refractivity contribution in [2.24, 2.45) is 0 Å². The zero-order chi connectivity index (χ0) is 19.9. The fourth-order valence-corrected chi connectivity index (χ4v) is 5.59. The quantitative estimate of drug-likeness (QED) is 0.765. The number of halogens is 1. The molecule has 0 spiro atoms. The van der Waals surface area contributed by atoms with E-state index >= 15 is 0 Å². The fourth-order valence-electron chi connectivity index (χ4n) is 3.77. The van der Waals surface area contributed by atoms with Gasteiger partial charge in [0, 0.05) is 29.7 Å². The summed E-state index contributed by atoms with van der Waals surface area (Å²) >= 11 is 5.89. The maximum atomic E-state index is 13.2. The minimum absolute atomic E-state index is 0.0437. The number of benzene rings is 2. The van der Waals surface area contributed by atoms with Crippen LogP contribution in [0.1, 0.15) is 22.8 Å². The Morgan fingerprint density at radius 1 is 1.11 bits per heavy atom. The van der Waals surface area contributed by atoms with Gasteiger partial charge in [-0.05, 0) is 61.4 Å². The smallest absolute Gasteiger partial charge is 0.264 e. The second kappa shape index (κ2) is 7.39. The summed E-state index contributed by atoms with van der Waals surface area (Å²) < 4.78 is 33.1. The first-order chi connectivity index (χ1) is 13.4. The number of carbonyl (C=O) groups is 1. The van der Waals surface area contributed by atoms with E-state index in [1.54, 1.807) is 29.2 Å². The molecule has 8 heteroatoms. The Morgan fingerprint density at radius 2 is 1.79 bits per heavy atom. The van der Waals surface area contributed by atoms with Gasteiger partial charge in [0.05, 0.1) is 23.8 Å². The molecular formula is C20H21ClN2O4S. The SMILES string of the molecule is C[C@H]1Cc2cc(C(=O)N3CCOCC3)ccc2N1S(=O)(=O)c1ccc(Cl)cc1. The van der Waals surface area contributed by atoms with E-state index < -0.39 is 10.0 Å². The van der Waals surface area contributed by atoms with Gasteiger partial charge in [0.15, 0.2) is 0 Å². The second-order valence-electron chi connectivity index (χ2n) is 7.06. The minimum Gasteiger partial charge on any atom is -0.378 e. The van der Waals surface area contributed by atoms with E-state index in [4.69, 9.17) is 16.3 Å². The van der Waals surface area contributed by atoms with E-state index in [1.807, 2.05) is 13.0 Å². The first-order valence-corrected chi connectivity index (χ1v) is 11.0. The number of rotatable bonds is 3. The number of sulfonamides is 1. The Labute approximate surface area is 169 Å². The summed E-state index contributed by atoms with van der Waals surface area (Å²) in [5.74, 6) is -0.0437. The molecule has 0 N–H and O–H groups in total. The number of ether oxygens (including phenoxy) is 1. The molecule has 2 heterocycles. The van der Waals surface area contributed by atoms with Crippen LogP contribution in [0.3, 0.4) is 0 Å². The molecule has 1 amide bonds. The molecule has 2 aromatic carbocycles. The van der Waals surface area contributed by atoms with E-state index in [0.717, 1.165) is 5.56 Å². The summed E-state index contributed by atoms with van der Waals surface area (Å²) in [7, 11) is -3.71. The lowest BCUT2D eigenvalue weighted by atomic mass is 10.1. The van der Waals surface area contributed by atoms with Crippen molar-refractivity contribution < 1.29 is 17.9 Å². The van der Waals surface area contributed by atoms with Crippen LogP contribution in [-0.4, -0.2) is 51.6 Å². The molecule has 6 nitrogen and oxygen atoms in total. The first-order valence-electron chi connectivity index (χ1n) is 9.18. The second-order valence-corrected chi connectivity index (χ2v) is 9.31. The molecule has 1 atom stereocenters. The van der Waals surface area contributed by atoms with Crippen LogP contribution in [0.5, 0.6) is 0 Å². The summed E-state index contributed by atoms with van der Waals surface area (Å²) in [6, 6.07) is 11.2. The van der Waals surface area contributed by atoms with Crippen molar-refractivity contribution in [3.05, 3.63) is 58.6 Å². The molecule has 0 radical (unpaired) electrons. The summed E-state index contributed by atoms with van der Waals surface area (Å²) in [5.41, 5.74) is 2.07. The van der Waals surface area contributed by atoms with Crippen LogP contribution in [0, 0.1) is 0 Å². The summed E-state index contributed by atoms with van der Waals surface area (Å²) in [5, 5.41) is 0.486. The number of hydrogen-bond donors (Lipinski definition) is 0. The molecule has 0 aliphatic carbocycles. The van der Waals surface area contributed by atoms with Gasteiger partial charge in [0.25, 0.3) is 15.9 Å². The van der Waals surface area contributed by atoms with Crippen LogP contribution in [0.15, 0.2) is 47.4 Å². The van der Waals surface area contributed by atoms with Crippen molar-refractivity contribution in [2.75, 3.05) is 30.6 Å². The minimum atomic E-state index is -3.71. The van der Waals surface area contributed by atoms with E-state index in [0.29, 0.717) is 49.0 Å². The fraction of sp³-hybridized carbons (Fsp3) is 0.350. The normalized spacial score (nSPS) is 19.6. The van der Waals surface area contributed by atoms with E-state index in [9.17, 15) is 13.2 Å². The molecule has 0 aromatic heterocycles. The number of anilines is 1. The Bertz CT molecular complexity index is 1000. The monoisotopic (exact) mass is 420 g/mol. The maximum Gasteiger partial charge on any atom is 0.264 e. The molecular weight excluding hydrogens is 400 g/mol. The third-order valence-electron chi connectivity index (χ3n) is 5.15. The Morgan fingerprint density at radius 3 is 2.46 bits per heavy atom. The number of amides is 1. The zero-order valence-electron chi connectivity index (χ0n) is 15.5. The average molecular weight is 421 g/mol. The van der Waals surface area contributed by atoms with Crippen molar-refractivity contribution >= 4 is 33.2 Å². The third-order valence-corrected chi connectivity index (χ3v) is 7.34. The number of carbonyl (C=O) groups excluding carboxylic acids is 1. The number of fused-ring (bicyclic) bond motifs is 1. The standard InChI is InChI=1S/C20H21ClN2O4S/c1-14-12-16-13-15(20(24)22-8-10-27-11-9-22)2-7-19(16)23(14)28(25,26)18-5-3-17(21)4-6-18/h2-7,13-14H,8-12H2,1H3/t14-/m0/s1. The van der Waals surface area contributed by atoms with Crippen molar-refractivity contribution in [2.45, 2.75) is 24.3 Å². The van der Waals surface area contributed by atoms with Crippen molar-refractivity contribution in [1.29, 1.82) is 0 Å². The highest BCUT2D eigenvalue weighted by Gasteiger charge is 2.36. The van der Waals surface area contributed by atoms with Gasteiger partial charge in [-0.1, -0.05) is 11.6 Å². The molecule has 2 aliphatic heterocycles. The third kappa shape index (κ3) is 3.38. The molecule has 2 aromatic rings. The topological polar surface area (TPSA) is 66.9 Å². The van der Waals surface area contributed by atoms with Gasteiger partial charge in [-0.15, -0.1) is 0 Å². The highest BCUT2D eigenvalue weighted by atomic mass is 35.5. The Kier molecular flexibility index (Phi) is 5.07. The lowest BCUT2D eigenvalue weighted by Crippen LogP contribution is -2.40. The van der Waals surface area contributed by atoms with Crippen LogP contribution in [0.25, 0.3) is 0 Å². The van der Waals surface area contributed by atoms with Gasteiger partial charge in [0.2, 0.25) is 0 Å². The summed E-state index contributed by atoms with van der Waals surface area (Å²) in [4.78, 5) is 14.7. The number of morpholine rings is 1. The van der Waals surface area contributed by atoms with Gasteiger partial charge in [-0.2, -0.15) is 0 Å². The van der Waals surface area contributed by atoms with Gasteiger partial charge < -0.3 is 9.64 Å². The molecule has 148 valence electrons. The van der Waals surface area contributed by atoms with Crippen molar-refractivity contribution in [3.63, 3.8) is 0 Å². The average Bonchev–Trinajstić information content (AvgIpc) is 3.04. The van der Waals surface area contributed by atoms with Crippen LogP contribution >= 0.6 is 11.6 Å². The largest absolute Gasteiger partial charge is 0.378 e. The van der Waals surface area contributed by atoms with Crippen LogP contribution in [-0.2, 0) is 21.2 Å². The lowest BCUT2D eigenvalue weighted by molar-refractivity contribution is 0.0303. The predicted octanol–water partition coefficient (Wildman–Crippen LogP) is 2.95. The molecule has 1 saturated heterocycles. The number of nitrogens with zero attached hydrogens (tertiary/aromatic N) is 2. The molecule has 0 unspecified atom stereocenters. The van der Waals surface area contributed by atoms with E-state index in [1.165, 1.54) is 16.4 Å². The van der Waals surface area contributed by atoms with Crippen molar-refractivity contribution in [3.8, 4) is 0 Å². The molecule has 0 bridgehead atoms. The molecule has 0 saturated carbocycles. The molecule has 28 heavy (non-hydrogen) atoms. The Balaban J connectivity index is 1.66. The van der Waals surface area contributed by atoms with Gasteiger partial charge in [-0.3, -0.25) is 9.10 Å². The molecule has 4 rings (SSSR count). The maximum absolute atomic E-state index is 13.2. The van der Waals surface area contributed by atoms with Crippen molar-refractivity contribution in [1.82, 2.24) is 4.90 Å². The van der Waals surface area contributed by atoms with Gasteiger partial charge in [0.1, 0.15) is 0 Å². The molecule has 1 fully saturated rings. The van der Waals surface area contributed by atoms with Gasteiger partial charge >= 0.3 is 0 Å². The summed E-state index contributed by atoms with van der Waals surface area (Å²) in [6.07, 6.45) is 0.562. The van der Waals surface area contributed by atoms with Crippen LogP contribution in [0.4, 0.5) is 5.69 Å². The van der Waals surface area contributed by atoms with E-state index in [2.05, 4.69) is 0 Å². The first kappa shape index (κ1) is 19.2.